The second kappa shape index (κ2) is 7.70. The van der Waals surface area contributed by atoms with Gasteiger partial charge in [-0.3, -0.25) is 4.79 Å². The second-order valence-electron chi connectivity index (χ2n) is 3.79. The van der Waals surface area contributed by atoms with E-state index in [0.717, 1.165) is 16.3 Å². The third-order valence-corrected chi connectivity index (χ3v) is 3.63. The van der Waals surface area contributed by atoms with Gasteiger partial charge in [0.15, 0.2) is 0 Å². The van der Waals surface area contributed by atoms with Gasteiger partial charge in [0, 0.05) is 11.4 Å². The van der Waals surface area contributed by atoms with E-state index in [-0.39, 0.29) is 12.5 Å². The molecule has 19 heavy (non-hydrogen) atoms. The number of anilines is 1. The fourth-order valence-corrected chi connectivity index (χ4v) is 2.54. The molecule has 0 saturated carbocycles. The quantitative estimate of drug-likeness (QED) is 0.591. The predicted molar refractivity (Wildman–Crippen MR) is 77.5 cm³/mol. The summed E-state index contributed by atoms with van der Waals surface area (Å²) in [5.41, 5.74) is 1.41. The van der Waals surface area contributed by atoms with E-state index < -0.39 is 0 Å². The van der Waals surface area contributed by atoms with Gasteiger partial charge in [0.25, 0.3) is 0 Å². The first-order chi connectivity index (χ1) is 9.17. The largest absolute Gasteiger partial charge is 0.468 e. The predicted octanol–water partition coefficient (Wildman–Crippen LogP) is 2.67. The number of carbonyl (C=O) groups is 1. The zero-order chi connectivity index (χ0) is 14.3. The molecule has 0 fully saturated rings. The zero-order valence-corrected chi connectivity index (χ0v) is 12.3. The van der Waals surface area contributed by atoms with Crippen LogP contribution in [0.15, 0.2) is 23.1 Å². The molecule has 0 aliphatic heterocycles. The van der Waals surface area contributed by atoms with Crippen LogP contribution in [0.5, 0.6) is 0 Å². The van der Waals surface area contributed by atoms with Gasteiger partial charge in [0.1, 0.15) is 12.6 Å². The van der Waals surface area contributed by atoms with Crippen molar-refractivity contribution in [1.29, 1.82) is 5.26 Å². The normalized spacial score (nSPS) is 9.79. The second-order valence-corrected chi connectivity index (χ2v) is 5.09. The van der Waals surface area contributed by atoms with Crippen molar-refractivity contribution in [1.82, 2.24) is 0 Å². The lowest BCUT2D eigenvalue weighted by Gasteiger charge is -2.23. The molecule has 1 aromatic carbocycles. The van der Waals surface area contributed by atoms with E-state index in [1.54, 1.807) is 11.8 Å². The molecule has 1 rings (SSSR count). The number of rotatable bonds is 6. The van der Waals surface area contributed by atoms with Crippen molar-refractivity contribution in [2.75, 3.05) is 30.9 Å². The van der Waals surface area contributed by atoms with Gasteiger partial charge in [0.05, 0.1) is 18.4 Å². The van der Waals surface area contributed by atoms with Gasteiger partial charge in [-0.25, -0.2) is 0 Å². The molecule has 0 radical (unpaired) electrons. The van der Waals surface area contributed by atoms with Crippen molar-refractivity contribution in [3.05, 3.63) is 23.8 Å². The Labute approximate surface area is 118 Å². The third kappa shape index (κ3) is 3.90. The maximum Gasteiger partial charge on any atom is 0.325 e. The number of thioether (sulfide) groups is 1. The maximum atomic E-state index is 11.4. The maximum absolute atomic E-state index is 11.4. The van der Waals surface area contributed by atoms with Crippen LogP contribution in [0.2, 0.25) is 0 Å². The number of likely N-dealkylation sites (N-methyl/N-ethyl adjacent to an activating group) is 1. The molecule has 0 spiro atoms. The molecule has 0 aromatic heterocycles. The number of benzene rings is 1. The van der Waals surface area contributed by atoms with Crippen LogP contribution >= 0.6 is 11.8 Å². The summed E-state index contributed by atoms with van der Waals surface area (Å²) in [6, 6.07) is 7.95. The molecule has 0 unspecified atom stereocenters. The highest BCUT2D eigenvalue weighted by atomic mass is 32.2. The van der Waals surface area contributed by atoms with Crippen LogP contribution < -0.4 is 4.90 Å². The summed E-state index contributed by atoms with van der Waals surface area (Å²) in [6.07, 6.45) is 0. The Balaban J connectivity index is 3.13. The molecule has 4 nitrogen and oxygen atoms in total. The highest BCUT2D eigenvalue weighted by Gasteiger charge is 2.16. The van der Waals surface area contributed by atoms with Crippen LogP contribution in [-0.2, 0) is 9.53 Å². The first kappa shape index (κ1) is 15.4. The monoisotopic (exact) mass is 278 g/mol. The van der Waals surface area contributed by atoms with E-state index in [9.17, 15) is 10.1 Å². The number of hydrogen-bond donors (Lipinski definition) is 0. The Morgan fingerprint density at radius 3 is 2.74 bits per heavy atom. The molecular formula is C14H18N2O2S. The molecule has 5 heteroatoms. The van der Waals surface area contributed by atoms with Crippen molar-refractivity contribution in [2.24, 2.45) is 0 Å². The van der Waals surface area contributed by atoms with Crippen molar-refractivity contribution in [3.63, 3.8) is 0 Å². The summed E-state index contributed by atoms with van der Waals surface area (Å²) in [6.45, 7) is 4.79. The van der Waals surface area contributed by atoms with Crippen molar-refractivity contribution >= 4 is 23.4 Å². The first-order valence-electron chi connectivity index (χ1n) is 6.15. The first-order valence-corrected chi connectivity index (χ1v) is 7.14. The minimum Gasteiger partial charge on any atom is -0.468 e. The number of nitriles is 1. The molecule has 0 amide bonds. The van der Waals surface area contributed by atoms with E-state index in [4.69, 9.17) is 0 Å². The summed E-state index contributed by atoms with van der Waals surface area (Å²) in [5, 5.41) is 9.36. The average molecular weight is 278 g/mol. The molecule has 0 heterocycles. The summed E-state index contributed by atoms with van der Waals surface area (Å²) in [5.74, 6) is 0.598. The van der Waals surface area contributed by atoms with Gasteiger partial charge in [-0.2, -0.15) is 5.26 Å². The van der Waals surface area contributed by atoms with Crippen LogP contribution in [0, 0.1) is 11.3 Å². The number of esters is 1. The van der Waals surface area contributed by atoms with E-state index >= 15 is 0 Å². The number of ether oxygens (including phenoxy) is 1. The Bertz CT molecular complexity index is 483. The average Bonchev–Trinajstić information content (AvgIpc) is 2.44. The summed E-state index contributed by atoms with van der Waals surface area (Å²) in [4.78, 5) is 14.2. The summed E-state index contributed by atoms with van der Waals surface area (Å²) in [7, 11) is 1.37. The van der Waals surface area contributed by atoms with E-state index in [0.29, 0.717) is 12.1 Å². The lowest BCUT2D eigenvalue weighted by molar-refractivity contribution is -0.138. The van der Waals surface area contributed by atoms with Crippen molar-refractivity contribution < 1.29 is 9.53 Å². The minimum atomic E-state index is -0.306. The Hall–Kier alpha value is -1.67. The molecule has 0 N–H and O–H groups in total. The molecular weight excluding hydrogens is 260 g/mol. The fourth-order valence-electron chi connectivity index (χ4n) is 1.76. The SMILES string of the molecule is CCSc1cccc(N(CC)CC(=O)OC)c1C#N. The van der Waals surface area contributed by atoms with Gasteiger partial charge in [-0.1, -0.05) is 13.0 Å². The Morgan fingerprint density at radius 1 is 1.47 bits per heavy atom. The zero-order valence-electron chi connectivity index (χ0n) is 11.5. The van der Waals surface area contributed by atoms with Gasteiger partial charge < -0.3 is 9.64 Å². The van der Waals surface area contributed by atoms with E-state index in [1.165, 1.54) is 7.11 Å². The molecule has 0 bridgehead atoms. The van der Waals surface area contributed by atoms with Crippen LogP contribution in [0.3, 0.4) is 0 Å². The topological polar surface area (TPSA) is 53.3 Å². The van der Waals surface area contributed by atoms with E-state index in [2.05, 4.69) is 10.8 Å². The molecule has 1 aromatic rings. The Morgan fingerprint density at radius 2 is 2.21 bits per heavy atom. The van der Waals surface area contributed by atoms with Crippen LogP contribution in [0.1, 0.15) is 19.4 Å². The van der Waals surface area contributed by atoms with Gasteiger partial charge >= 0.3 is 5.97 Å². The lowest BCUT2D eigenvalue weighted by atomic mass is 10.1. The standard InChI is InChI=1S/C14H18N2O2S/c1-4-16(10-14(17)18-3)12-7-6-8-13(19-5-2)11(12)9-15/h6-8H,4-5,10H2,1-3H3. The Kier molecular flexibility index (Phi) is 6.23. The molecule has 0 saturated heterocycles. The minimum absolute atomic E-state index is 0.155. The van der Waals surface area contributed by atoms with Crippen molar-refractivity contribution in [2.45, 2.75) is 18.7 Å². The third-order valence-electron chi connectivity index (χ3n) is 2.69. The number of carbonyl (C=O) groups excluding carboxylic acids is 1. The number of hydrogen-bond acceptors (Lipinski definition) is 5. The number of nitrogens with zero attached hydrogens (tertiary/aromatic N) is 2. The smallest absolute Gasteiger partial charge is 0.325 e. The number of methoxy groups -OCH3 is 1. The summed E-state index contributed by atoms with van der Waals surface area (Å²) >= 11 is 1.63. The van der Waals surface area contributed by atoms with Gasteiger partial charge in [0.2, 0.25) is 0 Å². The fraction of sp³-hybridized carbons (Fsp3) is 0.429. The van der Waals surface area contributed by atoms with E-state index in [1.807, 2.05) is 36.9 Å². The van der Waals surface area contributed by atoms with Crippen LogP contribution in [0.25, 0.3) is 0 Å². The van der Waals surface area contributed by atoms with Crippen LogP contribution in [-0.4, -0.2) is 31.9 Å². The van der Waals surface area contributed by atoms with Gasteiger partial charge in [-0.05, 0) is 24.8 Å². The highest BCUT2D eigenvalue weighted by Crippen LogP contribution is 2.30. The van der Waals surface area contributed by atoms with Gasteiger partial charge in [-0.15, -0.1) is 11.8 Å². The summed E-state index contributed by atoms with van der Waals surface area (Å²) < 4.78 is 4.69. The molecule has 0 atom stereocenters. The van der Waals surface area contributed by atoms with Crippen molar-refractivity contribution in [3.8, 4) is 6.07 Å². The molecule has 102 valence electrons. The highest BCUT2D eigenvalue weighted by molar-refractivity contribution is 7.99. The molecule has 0 aliphatic rings. The lowest BCUT2D eigenvalue weighted by Crippen LogP contribution is -2.30. The van der Waals surface area contributed by atoms with Crippen LogP contribution in [0.4, 0.5) is 5.69 Å². The molecule has 0 aliphatic carbocycles.